The number of rotatable bonds is 3. The molecule has 0 aromatic heterocycles. The van der Waals surface area contributed by atoms with E-state index in [-0.39, 0.29) is 5.91 Å². The minimum Gasteiger partial charge on any atom is -0.486 e. The molecule has 0 N–H and O–H groups in total. The van der Waals surface area contributed by atoms with E-state index in [2.05, 4.69) is 26.9 Å². The molecule has 1 amide bonds. The van der Waals surface area contributed by atoms with Crippen molar-refractivity contribution in [1.29, 1.82) is 5.26 Å². The lowest BCUT2D eigenvalue weighted by Gasteiger charge is -2.24. The second-order valence-corrected chi connectivity index (χ2v) is 8.00. The Kier molecular flexibility index (Phi) is 5.91. The predicted octanol–water partition coefficient (Wildman–Crippen LogP) is 3.37. The van der Waals surface area contributed by atoms with Crippen LogP contribution in [-0.2, 0) is 11.2 Å². The van der Waals surface area contributed by atoms with Gasteiger partial charge in [-0.3, -0.25) is 4.79 Å². The van der Waals surface area contributed by atoms with Crippen molar-refractivity contribution >= 4 is 27.5 Å². The number of anilines is 1. The molecule has 2 aromatic rings. The molecule has 6 nitrogen and oxygen atoms in total. The molecular formula is C22H22BrN3O3. The topological polar surface area (TPSA) is 65.8 Å². The van der Waals surface area contributed by atoms with Crippen LogP contribution in [0.15, 0.2) is 40.9 Å². The van der Waals surface area contributed by atoms with Crippen molar-refractivity contribution in [3.05, 3.63) is 52.0 Å². The first-order chi connectivity index (χ1) is 14.1. The van der Waals surface area contributed by atoms with Crippen molar-refractivity contribution in [3.8, 4) is 17.6 Å². The lowest BCUT2D eigenvalue weighted by molar-refractivity contribution is -0.130. The summed E-state index contributed by atoms with van der Waals surface area (Å²) < 4.78 is 12.1. The number of ether oxygens (including phenoxy) is 2. The van der Waals surface area contributed by atoms with Gasteiger partial charge in [0.25, 0.3) is 0 Å². The molecule has 29 heavy (non-hydrogen) atoms. The van der Waals surface area contributed by atoms with Crippen LogP contribution in [0, 0.1) is 11.3 Å². The summed E-state index contributed by atoms with van der Waals surface area (Å²) >= 11 is 3.56. The fourth-order valence-electron chi connectivity index (χ4n) is 3.69. The molecule has 2 aromatic carbocycles. The highest BCUT2D eigenvalue weighted by Gasteiger charge is 2.22. The zero-order valence-corrected chi connectivity index (χ0v) is 17.7. The standard InChI is InChI=1S/C22H22BrN3O3/c23-19-14-21-20(28-10-11-29-21)12-17(19)13-22(27)26-7-1-6-25(8-9-26)18-4-2-16(15-24)3-5-18/h2-5,12,14H,1,6-11,13H2. The summed E-state index contributed by atoms with van der Waals surface area (Å²) in [5.74, 6) is 1.53. The van der Waals surface area contributed by atoms with Crippen LogP contribution < -0.4 is 14.4 Å². The number of nitriles is 1. The Labute approximate surface area is 178 Å². The molecule has 4 rings (SSSR count). The van der Waals surface area contributed by atoms with Crippen LogP contribution >= 0.6 is 15.9 Å². The zero-order valence-electron chi connectivity index (χ0n) is 16.1. The first-order valence-corrected chi connectivity index (χ1v) is 10.5. The van der Waals surface area contributed by atoms with E-state index in [1.54, 1.807) is 0 Å². The summed E-state index contributed by atoms with van der Waals surface area (Å²) in [6.45, 7) is 4.17. The summed E-state index contributed by atoms with van der Waals surface area (Å²) in [5.41, 5.74) is 2.66. The van der Waals surface area contributed by atoms with Gasteiger partial charge in [-0.25, -0.2) is 0 Å². The van der Waals surface area contributed by atoms with Gasteiger partial charge in [0.05, 0.1) is 18.1 Å². The maximum atomic E-state index is 12.9. The number of halogens is 1. The number of fused-ring (bicyclic) bond motifs is 1. The van der Waals surface area contributed by atoms with Gasteiger partial charge < -0.3 is 19.3 Å². The number of hydrogen-bond acceptors (Lipinski definition) is 5. The molecule has 150 valence electrons. The van der Waals surface area contributed by atoms with Crippen molar-refractivity contribution in [1.82, 2.24) is 4.90 Å². The molecule has 0 aliphatic carbocycles. The predicted molar refractivity (Wildman–Crippen MR) is 113 cm³/mol. The number of hydrogen-bond donors (Lipinski definition) is 0. The first-order valence-electron chi connectivity index (χ1n) is 9.75. The third-order valence-corrected chi connectivity index (χ3v) is 6.00. The van der Waals surface area contributed by atoms with Crippen molar-refractivity contribution < 1.29 is 14.3 Å². The van der Waals surface area contributed by atoms with E-state index in [0.717, 1.165) is 41.8 Å². The van der Waals surface area contributed by atoms with Crippen molar-refractivity contribution in [2.24, 2.45) is 0 Å². The van der Waals surface area contributed by atoms with E-state index in [0.29, 0.717) is 43.2 Å². The third kappa shape index (κ3) is 4.48. The van der Waals surface area contributed by atoms with Crippen LogP contribution in [0.3, 0.4) is 0 Å². The number of carbonyl (C=O) groups is 1. The van der Waals surface area contributed by atoms with E-state index >= 15 is 0 Å². The molecule has 0 spiro atoms. The summed E-state index contributed by atoms with van der Waals surface area (Å²) in [6, 6.07) is 13.5. The first kappa shape index (κ1) is 19.6. The Morgan fingerprint density at radius 1 is 1.03 bits per heavy atom. The number of nitrogens with zero attached hydrogens (tertiary/aromatic N) is 3. The van der Waals surface area contributed by atoms with Crippen LogP contribution in [0.4, 0.5) is 5.69 Å². The molecule has 0 atom stereocenters. The number of benzene rings is 2. The second-order valence-electron chi connectivity index (χ2n) is 7.14. The molecule has 2 aliphatic rings. The average Bonchev–Trinajstić information content (AvgIpc) is 3.01. The SMILES string of the molecule is N#Cc1ccc(N2CCCN(C(=O)Cc3cc4c(cc3Br)OCCO4)CC2)cc1. The van der Waals surface area contributed by atoms with Gasteiger partial charge in [0, 0.05) is 36.3 Å². The largest absolute Gasteiger partial charge is 0.486 e. The highest BCUT2D eigenvalue weighted by Crippen LogP contribution is 2.36. The number of carbonyl (C=O) groups excluding carboxylic acids is 1. The van der Waals surface area contributed by atoms with Crippen LogP contribution in [0.1, 0.15) is 17.5 Å². The van der Waals surface area contributed by atoms with Gasteiger partial charge in [-0.1, -0.05) is 15.9 Å². The monoisotopic (exact) mass is 455 g/mol. The Bertz CT molecular complexity index is 940. The van der Waals surface area contributed by atoms with E-state index in [9.17, 15) is 4.79 Å². The minimum atomic E-state index is 0.115. The molecule has 0 unspecified atom stereocenters. The lowest BCUT2D eigenvalue weighted by atomic mass is 10.1. The molecule has 7 heteroatoms. The minimum absolute atomic E-state index is 0.115. The van der Waals surface area contributed by atoms with Gasteiger partial charge in [-0.2, -0.15) is 5.26 Å². The van der Waals surface area contributed by atoms with Crippen molar-refractivity contribution in [3.63, 3.8) is 0 Å². The van der Waals surface area contributed by atoms with Gasteiger partial charge in [-0.05, 0) is 48.4 Å². The van der Waals surface area contributed by atoms with Gasteiger partial charge in [-0.15, -0.1) is 0 Å². The normalized spacial score (nSPS) is 16.1. The van der Waals surface area contributed by atoms with Gasteiger partial charge in [0.1, 0.15) is 13.2 Å². The maximum absolute atomic E-state index is 12.9. The molecule has 0 bridgehead atoms. The fraction of sp³-hybridized carbons (Fsp3) is 0.364. The quantitative estimate of drug-likeness (QED) is 0.709. The lowest BCUT2D eigenvalue weighted by Crippen LogP contribution is -2.36. The van der Waals surface area contributed by atoms with Crippen molar-refractivity contribution in [2.45, 2.75) is 12.8 Å². The Morgan fingerprint density at radius 3 is 2.48 bits per heavy atom. The Morgan fingerprint density at radius 2 is 1.76 bits per heavy atom. The summed E-state index contributed by atoms with van der Waals surface area (Å²) in [7, 11) is 0. The van der Waals surface area contributed by atoms with Crippen LogP contribution in [-0.4, -0.2) is 50.2 Å². The highest BCUT2D eigenvalue weighted by atomic mass is 79.9. The molecule has 1 fully saturated rings. The van der Waals surface area contributed by atoms with E-state index in [1.807, 2.05) is 41.3 Å². The van der Waals surface area contributed by atoms with E-state index in [1.165, 1.54) is 0 Å². The molecular weight excluding hydrogens is 434 g/mol. The highest BCUT2D eigenvalue weighted by molar-refractivity contribution is 9.10. The van der Waals surface area contributed by atoms with E-state index in [4.69, 9.17) is 14.7 Å². The van der Waals surface area contributed by atoms with Crippen molar-refractivity contribution in [2.75, 3.05) is 44.3 Å². The Balaban J connectivity index is 1.40. The zero-order chi connectivity index (χ0) is 20.2. The number of amides is 1. The van der Waals surface area contributed by atoms with Gasteiger partial charge >= 0.3 is 0 Å². The summed E-state index contributed by atoms with van der Waals surface area (Å²) in [5, 5.41) is 8.96. The molecule has 0 saturated carbocycles. The summed E-state index contributed by atoms with van der Waals surface area (Å²) in [4.78, 5) is 17.2. The molecule has 1 saturated heterocycles. The average molecular weight is 456 g/mol. The smallest absolute Gasteiger partial charge is 0.227 e. The van der Waals surface area contributed by atoms with Crippen LogP contribution in [0.25, 0.3) is 0 Å². The van der Waals surface area contributed by atoms with Gasteiger partial charge in [0.2, 0.25) is 5.91 Å². The maximum Gasteiger partial charge on any atom is 0.227 e. The molecule has 2 heterocycles. The molecule has 2 aliphatic heterocycles. The summed E-state index contributed by atoms with van der Waals surface area (Å²) in [6.07, 6.45) is 1.24. The third-order valence-electron chi connectivity index (χ3n) is 5.26. The molecule has 0 radical (unpaired) electrons. The Hall–Kier alpha value is -2.72. The van der Waals surface area contributed by atoms with E-state index < -0.39 is 0 Å². The van der Waals surface area contributed by atoms with Crippen LogP contribution in [0.5, 0.6) is 11.5 Å². The van der Waals surface area contributed by atoms with Crippen LogP contribution in [0.2, 0.25) is 0 Å². The fourth-order valence-corrected chi connectivity index (χ4v) is 4.15. The second kappa shape index (κ2) is 8.75. The van der Waals surface area contributed by atoms with Gasteiger partial charge in [0.15, 0.2) is 11.5 Å².